The van der Waals surface area contributed by atoms with E-state index in [2.05, 4.69) is 15.9 Å². The Balaban J connectivity index is 0.000000810. The number of hydrogen-bond donors (Lipinski definition) is 2. The summed E-state index contributed by atoms with van der Waals surface area (Å²) in [5, 5.41) is 0. The largest absolute Gasteiger partial charge is 0.402 e. The summed E-state index contributed by atoms with van der Waals surface area (Å²) in [7, 11) is 0. The van der Waals surface area contributed by atoms with Gasteiger partial charge in [0.05, 0.1) is 4.45 Å². The van der Waals surface area contributed by atoms with Crippen molar-refractivity contribution in [3.63, 3.8) is 0 Å². The van der Waals surface area contributed by atoms with Crippen molar-refractivity contribution in [1.29, 1.82) is 0 Å². The van der Waals surface area contributed by atoms with Crippen molar-refractivity contribution in [2.45, 2.75) is 10.9 Å². The molecule has 1 atom stereocenters. The van der Waals surface area contributed by atoms with Crippen LogP contribution in [0.2, 0.25) is 0 Å². The number of allylic oxidation sites excluding steroid dienone is 2. The van der Waals surface area contributed by atoms with E-state index in [-0.39, 0.29) is 16.5 Å². The van der Waals surface area contributed by atoms with Crippen molar-refractivity contribution < 1.29 is 16.5 Å². The fraction of sp³-hybridized carbons (Fsp3) is 0.333. The van der Waals surface area contributed by atoms with Crippen LogP contribution in [0.15, 0.2) is 23.9 Å². The summed E-state index contributed by atoms with van der Waals surface area (Å²) in [4.78, 5) is 0. The summed E-state index contributed by atoms with van der Waals surface area (Å²) in [6.07, 6.45) is 6.27. The van der Waals surface area contributed by atoms with Crippen molar-refractivity contribution >= 4 is 15.9 Å². The summed E-state index contributed by atoms with van der Waals surface area (Å²) >= 11 is 3.30. The van der Waals surface area contributed by atoms with Gasteiger partial charge in [-0.3, -0.25) is 0 Å². The average Bonchev–Trinajstić information content (AvgIpc) is 1.60. The van der Waals surface area contributed by atoms with Crippen LogP contribution in [0.4, 0.5) is 0 Å². The first-order valence-corrected chi connectivity index (χ1v) is 3.51. The molecule has 2 nitrogen and oxygen atoms in total. The zero-order chi connectivity index (χ0) is 6.91. The molecule has 0 aliphatic heterocycles. The van der Waals surface area contributed by atoms with Crippen LogP contribution >= 0.6 is 15.9 Å². The number of hydrogen-bond acceptors (Lipinski definition) is 2. The standard InChI is InChI=1S/C6H9BrN2.Ni/c7-6(9)3-1-2-5(8)4-6;/h1-3H,4,8-9H2;. The first kappa shape index (κ1) is 10.2. The monoisotopic (exact) mass is 246 g/mol. The van der Waals surface area contributed by atoms with E-state index in [0.29, 0.717) is 6.42 Å². The predicted octanol–water partition coefficient (Wildman–Crippen LogP) is 0.836. The van der Waals surface area contributed by atoms with E-state index >= 15 is 0 Å². The molecular formula is C6H9BrN2Ni. The molecule has 0 radical (unpaired) electrons. The van der Waals surface area contributed by atoms with Crippen molar-refractivity contribution in [2.24, 2.45) is 11.5 Å². The smallest absolute Gasteiger partial charge is 0.0960 e. The molecule has 1 rings (SSSR count). The van der Waals surface area contributed by atoms with E-state index in [1.54, 1.807) is 0 Å². The molecule has 0 fully saturated rings. The van der Waals surface area contributed by atoms with Gasteiger partial charge in [-0.1, -0.05) is 28.1 Å². The number of alkyl halides is 1. The molecule has 10 heavy (non-hydrogen) atoms. The summed E-state index contributed by atoms with van der Waals surface area (Å²) in [5.41, 5.74) is 12.0. The van der Waals surface area contributed by atoms with E-state index in [9.17, 15) is 0 Å². The second kappa shape index (κ2) is 3.56. The van der Waals surface area contributed by atoms with Gasteiger partial charge in [-0.25, -0.2) is 0 Å². The van der Waals surface area contributed by atoms with Crippen LogP contribution in [0.25, 0.3) is 0 Å². The molecular weight excluding hydrogens is 239 g/mol. The predicted molar refractivity (Wildman–Crippen MR) is 41.9 cm³/mol. The Hall–Kier alpha value is 0.214. The van der Waals surface area contributed by atoms with Crippen LogP contribution in [0.3, 0.4) is 0 Å². The van der Waals surface area contributed by atoms with Crippen LogP contribution in [-0.4, -0.2) is 4.45 Å². The Kier molecular flexibility index (Phi) is 3.64. The van der Waals surface area contributed by atoms with Gasteiger partial charge in [0.15, 0.2) is 0 Å². The molecule has 0 saturated heterocycles. The maximum atomic E-state index is 5.68. The van der Waals surface area contributed by atoms with Gasteiger partial charge in [0, 0.05) is 28.6 Å². The number of halogens is 1. The maximum Gasteiger partial charge on any atom is 0.0960 e. The van der Waals surface area contributed by atoms with Crippen molar-refractivity contribution in [2.75, 3.05) is 0 Å². The minimum Gasteiger partial charge on any atom is -0.402 e. The van der Waals surface area contributed by atoms with Gasteiger partial charge in [-0.15, -0.1) is 0 Å². The number of rotatable bonds is 0. The first-order chi connectivity index (χ1) is 4.10. The molecule has 0 amide bonds. The van der Waals surface area contributed by atoms with E-state index < -0.39 is 4.45 Å². The zero-order valence-corrected chi connectivity index (χ0v) is 7.86. The first-order valence-electron chi connectivity index (χ1n) is 2.72. The molecule has 1 unspecified atom stereocenters. The average molecular weight is 248 g/mol. The fourth-order valence-corrected chi connectivity index (χ4v) is 1.24. The SMILES string of the molecule is NC1=CC=CC(N)(Br)C1.[Ni]. The van der Waals surface area contributed by atoms with Gasteiger partial charge in [-0.05, 0) is 6.08 Å². The summed E-state index contributed by atoms with van der Waals surface area (Å²) in [5.74, 6) is 0. The zero-order valence-electron chi connectivity index (χ0n) is 5.29. The Morgan fingerprint density at radius 1 is 1.60 bits per heavy atom. The summed E-state index contributed by atoms with van der Waals surface area (Å²) < 4.78 is -0.411. The Morgan fingerprint density at radius 2 is 2.20 bits per heavy atom. The molecule has 0 bridgehead atoms. The molecule has 1 aliphatic carbocycles. The molecule has 0 aromatic heterocycles. The van der Waals surface area contributed by atoms with Gasteiger partial charge < -0.3 is 11.5 Å². The van der Waals surface area contributed by atoms with Crippen LogP contribution in [0.1, 0.15) is 6.42 Å². The molecule has 0 saturated carbocycles. The van der Waals surface area contributed by atoms with Crippen LogP contribution < -0.4 is 11.5 Å². The summed E-state index contributed by atoms with van der Waals surface area (Å²) in [6.45, 7) is 0. The normalized spacial score (nSPS) is 30.8. The van der Waals surface area contributed by atoms with Crippen molar-refractivity contribution in [1.82, 2.24) is 0 Å². The molecule has 1 aliphatic rings. The molecule has 4 heteroatoms. The Bertz CT molecular complexity index is 175. The Morgan fingerprint density at radius 3 is 2.50 bits per heavy atom. The third-order valence-corrected chi connectivity index (χ3v) is 1.70. The topological polar surface area (TPSA) is 52.0 Å². The van der Waals surface area contributed by atoms with Crippen LogP contribution in [0.5, 0.6) is 0 Å². The van der Waals surface area contributed by atoms with Gasteiger partial charge in [0.1, 0.15) is 0 Å². The summed E-state index contributed by atoms with van der Waals surface area (Å²) in [6, 6.07) is 0. The van der Waals surface area contributed by atoms with E-state index in [1.807, 2.05) is 18.2 Å². The van der Waals surface area contributed by atoms with Gasteiger partial charge in [0.25, 0.3) is 0 Å². The maximum absolute atomic E-state index is 5.68. The minimum absolute atomic E-state index is 0. The van der Waals surface area contributed by atoms with Crippen molar-refractivity contribution in [3.05, 3.63) is 23.9 Å². The van der Waals surface area contributed by atoms with Crippen LogP contribution in [-0.2, 0) is 16.5 Å². The molecule has 60 valence electrons. The molecule has 4 N–H and O–H groups in total. The van der Waals surface area contributed by atoms with E-state index in [0.717, 1.165) is 5.70 Å². The third-order valence-electron chi connectivity index (χ3n) is 1.16. The fourth-order valence-electron chi connectivity index (χ4n) is 0.762. The Labute approximate surface area is 78.8 Å². The van der Waals surface area contributed by atoms with Gasteiger partial charge >= 0.3 is 0 Å². The van der Waals surface area contributed by atoms with E-state index in [4.69, 9.17) is 11.5 Å². The van der Waals surface area contributed by atoms with E-state index in [1.165, 1.54) is 0 Å². The van der Waals surface area contributed by atoms with Crippen molar-refractivity contribution in [3.8, 4) is 0 Å². The molecule has 0 aromatic carbocycles. The second-order valence-corrected chi connectivity index (χ2v) is 3.68. The minimum atomic E-state index is -0.411. The molecule has 0 heterocycles. The molecule has 0 spiro atoms. The van der Waals surface area contributed by atoms with Gasteiger partial charge in [-0.2, -0.15) is 0 Å². The second-order valence-electron chi connectivity index (χ2n) is 2.20. The quantitative estimate of drug-likeness (QED) is 0.379. The number of nitrogens with two attached hydrogens (primary N) is 2. The van der Waals surface area contributed by atoms with Crippen LogP contribution in [0, 0.1) is 0 Å². The van der Waals surface area contributed by atoms with Gasteiger partial charge in [0.2, 0.25) is 0 Å². The molecule has 0 aromatic rings. The third kappa shape index (κ3) is 2.87.